The minimum Gasteiger partial charge on any atom is -0.452 e. The molecule has 0 unspecified atom stereocenters. The molecule has 112 valence electrons. The van der Waals surface area contributed by atoms with E-state index in [1.807, 2.05) is 5.32 Å². The van der Waals surface area contributed by atoms with Crippen LogP contribution in [0.2, 0.25) is 0 Å². The normalized spacial score (nSPS) is 13.4. The van der Waals surface area contributed by atoms with Crippen LogP contribution >= 0.6 is 15.9 Å². The van der Waals surface area contributed by atoms with Crippen molar-refractivity contribution in [2.24, 2.45) is 0 Å². The highest BCUT2D eigenvalue weighted by Gasteiger charge is 2.24. The summed E-state index contributed by atoms with van der Waals surface area (Å²) in [5.41, 5.74) is 0.0895. The van der Waals surface area contributed by atoms with Crippen LogP contribution in [-0.2, 0) is 9.53 Å². The van der Waals surface area contributed by atoms with Gasteiger partial charge in [0.05, 0.1) is 5.56 Å². The maximum Gasteiger partial charge on any atom is 0.339 e. The van der Waals surface area contributed by atoms with Gasteiger partial charge < -0.3 is 10.1 Å². The van der Waals surface area contributed by atoms with Gasteiger partial charge in [-0.2, -0.15) is 0 Å². The first-order valence-corrected chi connectivity index (χ1v) is 6.97. The summed E-state index contributed by atoms with van der Waals surface area (Å²) in [6, 6.07) is 2.96. The second-order valence-corrected chi connectivity index (χ2v) is 5.35. The zero-order chi connectivity index (χ0) is 15.4. The molecule has 2 rings (SSSR count). The van der Waals surface area contributed by atoms with Gasteiger partial charge in [-0.15, -0.1) is 0 Å². The van der Waals surface area contributed by atoms with Crippen molar-refractivity contribution < 1.29 is 23.5 Å². The summed E-state index contributed by atoms with van der Waals surface area (Å²) in [6.45, 7) is -0.596. The number of imide groups is 1. The van der Waals surface area contributed by atoms with Gasteiger partial charge in [0.25, 0.3) is 5.91 Å². The van der Waals surface area contributed by atoms with Crippen LogP contribution in [0.15, 0.2) is 22.7 Å². The molecule has 2 N–H and O–H groups in total. The predicted octanol–water partition coefficient (Wildman–Crippen LogP) is 1.73. The van der Waals surface area contributed by atoms with E-state index in [1.54, 1.807) is 0 Å². The Hall–Kier alpha value is -1.96. The number of benzene rings is 1. The molecular formula is C13H12BrFN2O4. The van der Waals surface area contributed by atoms with Gasteiger partial charge in [0.15, 0.2) is 6.61 Å². The summed E-state index contributed by atoms with van der Waals surface area (Å²) >= 11 is 3.02. The van der Waals surface area contributed by atoms with E-state index in [0.717, 1.165) is 25.0 Å². The second-order valence-electron chi connectivity index (χ2n) is 4.50. The highest BCUT2D eigenvalue weighted by atomic mass is 79.9. The Bertz CT molecular complexity index is 590. The quantitative estimate of drug-likeness (QED) is 0.802. The Labute approximate surface area is 128 Å². The summed E-state index contributed by atoms with van der Waals surface area (Å²) in [6.07, 6.45) is 1.80. The summed E-state index contributed by atoms with van der Waals surface area (Å²) in [5, 5.41) is 4.60. The molecule has 0 saturated heterocycles. The lowest BCUT2D eigenvalue weighted by Crippen LogP contribution is -2.42. The van der Waals surface area contributed by atoms with Crippen molar-refractivity contribution in [2.45, 2.75) is 18.9 Å². The lowest BCUT2D eigenvalue weighted by atomic mass is 10.2. The Morgan fingerprint density at radius 3 is 2.67 bits per heavy atom. The lowest BCUT2D eigenvalue weighted by Gasteiger charge is -2.07. The van der Waals surface area contributed by atoms with Crippen LogP contribution in [0.25, 0.3) is 0 Å². The maximum absolute atomic E-state index is 12.9. The molecule has 1 aromatic carbocycles. The van der Waals surface area contributed by atoms with E-state index in [9.17, 15) is 18.8 Å². The van der Waals surface area contributed by atoms with E-state index in [1.165, 1.54) is 6.07 Å². The van der Waals surface area contributed by atoms with Gasteiger partial charge in [0, 0.05) is 10.5 Å². The minimum atomic E-state index is -0.792. The molecular weight excluding hydrogens is 347 g/mol. The Kier molecular flexibility index (Phi) is 4.89. The van der Waals surface area contributed by atoms with E-state index in [0.29, 0.717) is 0 Å². The molecule has 0 atom stereocenters. The number of carbonyl (C=O) groups excluding carboxylic acids is 3. The van der Waals surface area contributed by atoms with E-state index < -0.39 is 30.3 Å². The van der Waals surface area contributed by atoms with Crippen LogP contribution in [0.3, 0.4) is 0 Å². The van der Waals surface area contributed by atoms with Crippen LogP contribution in [0.5, 0.6) is 0 Å². The zero-order valence-corrected chi connectivity index (χ0v) is 12.4. The number of nitrogens with one attached hydrogen (secondary N) is 2. The maximum atomic E-state index is 12.9. The van der Waals surface area contributed by atoms with Gasteiger partial charge in [0.1, 0.15) is 5.82 Å². The number of hydrogen-bond acceptors (Lipinski definition) is 4. The SMILES string of the molecule is O=C(COC(=O)c1ccc(F)cc1Br)NC(=O)NC1CC1. The van der Waals surface area contributed by atoms with Crippen LogP contribution in [0.4, 0.5) is 9.18 Å². The molecule has 8 heteroatoms. The molecule has 3 amide bonds. The number of hydrogen-bond donors (Lipinski definition) is 2. The molecule has 0 aromatic heterocycles. The summed E-state index contributed by atoms with van der Waals surface area (Å²) in [4.78, 5) is 34.4. The smallest absolute Gasteiger partial charge is 0.339 e. The Morgan fingerprint density at radius 2 is 2.05 bits per heavy atom. The molecule has 1 aromatic rings. The first kappa shape index (κ1) is 15.4. The second kappa shape index (κ2) is 6.66. The number of esters is 1. The largest absolute Gasteiger partial charge is 0.452 e. The summed E-state index contributed by atoms with van der Waals surface area (Å²) in [7, 11) is 0. The summed E-state index contributed by atoms with van der Waals surface area (Å²) < 4.78 is 17.9. The molecule has 0 spiro atoms. The molecule has 1 fully saturated rings. The number of ether oxygens (including phenoxy) is 1. The fraction of sp³-hybridized carbons (Fsp3) is 0.308. The van der Waals surface area contributed by atoms with Crippen molar-refractivity contribution in [2.75, 3.05) is 6.61 Å². The number of rotatable bonds is 4. The standard InChI is InChI=1S/C13H12BrFN2O4/c14-10-5-7(15)1-4-9(10)12(19)21-6-11(18)17-13(20)16-8-2-3-8/h1,4-5,8H,2-3,6H2,(H2,16,17,18,20). The average Bonchev–Trinajstić information content (AvgIpc) is 3.19. The van der Waals surface area contributed by atoms with Crippen molar-refractivity contribution in [3.63, 3.8) is 0 Å². The molecule has 21 heavy (non-hydrogen) atoms. The highest BCUT2D eigenvalue weighted by Crippen LogP contribution is 2.19. The number of amides is 3. The molecule has 0 bridgehead atoms. The summed E-state index contributed by atoms with van der Waals surface area (Å²) in [5.74, 6) is -2.03. The molecule has 0 radical (unpaired) electrons. The minimum absolute atomic E-state index is 0.0895. The Morgan fingerprint density at radius 1 is 1.33 bits per heavy atom. The van der Waals surface area contributed by atoms with E-state index in [-0.39, 0.29) is 16.1 Å². The number of carbonyl (C=O) groups is 3. The van der Waals surface area contributed by atoms with Crippen molar-refractivity contribution in [1.82, 2.24) is 10.6 Å². The van der Waals surface area contributed by atoms with Gasteiger partial charge in [-0.3, -0.25) is 10.1 Å². The van der Waals surface area contributed by atoms with Crippen molar-refractivity contribution in [1.29, 1.82) is 0 Å². The highest BCUT2D eigenvalue weighted by molar-refractivity contribution is 9.10. The van der Waals surface area contributed by atoms with Crippen LogP contribution in [0, 0.1) is 5.82 Å². The van der Waals surface area contributed by atoms with Crippen molar-refractivity contribution in [3.8, 4) is 0 Å². The average molecular weight is 359 g/mol. The fourth-order valence-electron chi connectivity index (χ4n) is 1.48. The fourth-order valence-corrected chi connectivity index (χ4v) is 1.99. The van der Waals surface area contributed by atoms with Crippen molar-refractivity contribution >= 4 is 33.8 Å². The van der Waals surface area contributed by atoms with Gasteiger partial charge in [-0.1, -0.05) is 0 Å². The third-order valence-electron chi connectivity index (χ3n) is 2.65. The molecule has 0 aliphatic heterocycles. The van der Waals surface area contributed by atoms with E-state index in [2.05, 4.69) is 21.2 Å². The molecule has 1 aliphatic rings. The molecule has 6 nitrogen and oxygen atoms in total. The third kappa shape index (κ3) is 4.82. The monoisotopic (exact) mass is 358 g/mol. The number of halogens is 2. The van der Waals surface area contributed by atoms with Gasteiger partial charge in [-0.25, -0.2) is 14.0 Å². The molecule has 1 aliphatic carbocycles. The predicted molar refractivity (Wildman–Crippen MR) is 74.1 cm³/mol. The van der Waals surface area contributed by atoms with Gasteiger partial charge in [-0.05, 0) is 47.0 Å². The van der Waals surface area contributed by atoms with E-state index in [4.69, 9.17) is 4.74 Å². The van der Waals surface area contributed by atoms with Crippen LogP contribution < -0.4 is 10.6 Å². The topological polar surface area (TPSA) is 84.5 Å². The van der Waals surface area contributed by atoms with Gasteiger partial charge >= 0.3 is 12.0 Å². The first-order valence-electron chi connectivity index (χ1n) is 6.18. The lowest BCUT2D eigenvalue weighted by molar-refractivity contribution is -0.123. The van der Waals surface area contributed by atoms with Crippen LogP contribution in [-0.4, -0.2) is 30.6 Å². The first-order chi connectivity index (χ1) is 9.95. The van der Waals surface area contributed by atoms with Crippen LogP contribution in [0.1, 0.15) is 23.2 Å². The zero-order valence-electron chi connectivity index (χ0n) is 10.8. The number of urea groups is 1. The van der Waals surface area contributed by atoms with Crippen molar-refractivity contribution in [3.05, 3.63) is 34.1 Å². The molecule has 1 saturated carbocycles. The Balaban J connectivity index is 1.79. The van der Waals surface area contributed by atoms with E-state index >= 15 is 0 Å². The molecule has 0 heterocycles. The van der Waals surface area contributed by atoms with Gasteiger partial charge in [0.2, 0.25) is 0 Å². The third-order valence-corrected chi connectivity index (χ3v) is 3.31.